The van der Waals surface area contributed by atoms with Crippen LogP contribution in [0.5, 0.6) is 17.2 Å². The third kappa shape index (κ3) is 8.34. The summed E-state index contributed by atoms with van der Waals surface area (Å²) < 4.78 is 17.3. The monoisotopic (exact) mass is 364 g/mol. The summed E-state index contributed by atoms with van der Waals surface area (Å²) in [5.41, 5.74) is 3.68. The van der Waals surface area contributed by atoms with Crippen molar-refractivity contribution in [1.29, 1.82) is 0 Å². The summed E-state index contributed by atoms with van der Waals surface area (Å²) in [4.78, 5) is 0. The van der Waals surface area contributed by atoms with Crippen LogP contribution in [0.4, 0.5) is 0 Å². The molecule has 0 bridgehead atoms. The van der Waals surface area contributed by atoms with Crippen LogP contribution in [-0.2, 0) is 0 Å². The molecule has 0 unspecified atom stereocenters. The van der Waals surface area contributed by atoms with Gasteiger partial charge in [0, 0.05) is 0 Å². The quantitative estimate of drug-likeness (QED) is 0.609. The smallest absolute Gasteiger partial charge is 0.490 e. The van der Waals surface area contributed by atoms with E-state index < -0.39 is 7.32 Å². The van der Waals surface area contributed by atoms with E-state index in [0.29, 0.717) is 17.2 Å². The molecule has 0 aliphatic carbocycles. The zero-order chi connectivity index (χ0) is 19.2. The zero-order valence-corrected chi connectivity index (χ0v) is 15.8. The lowest BCUT2D eigenvalue weighted by atomic mass is 10.2. The Kier molecular flexibility index (Phi) is 9.40. The molecule has 0 atom stereocenters. The van der Waals surface area contributed by atoms with E-state index in [2.05, 4.69) is 12.7 Å². The van der Waals surface area contributed by atoms with Crippen LogP contribution in [0.25, 0.3) is 0 Å². The van der Waals surface area contributed by atoms with Gasteiger partial charge in [-0.1, -0.05) is 67.9 Å². The van der Waals surface area contributed by atoms with Gasteiger partial charge in [-0.2, -0.15) is 0 Å². The van der Waals surface area contributed by atoms with E-state index in [1.165, 1.54) is 12.8 Å². The van der Waals surface area contributed by atoms with Crippen LogP contribution in [0.1, 0.15) is 19.8 Å². The Labute approximate surface area is 162 Å². The van der Waals surface area contributed by atoms with Crippen molar-refractivity contribution in [3.05, 3.63) is 91.0 Å². The Morgan fingerprint density at radius 3 is 1.19 bits per heavy atom. The minimum Gasteiger partial charge on any atom is -0.490 e. The van der Waals surface area contributed by atoms with Gasteiger partial charge in [-0.15, -0.1) is 0 Å². The summed E-state index contributed by atoms with van der Waals surface area (Å²) in [5.74, 6) is 2.04. The molecule has 0 fully saturated rings. The molecule has 140 valence electrons. The van der Waals surface area contributed by atoms with Gasteiger partial charge in [0.2, 0.25) is 0 Å². The van der Waals surface area contributed by atoms with E-state index in [0.717, 1.165) is 6.54 Å². The Balaban J connectivity index is 0.000000465. The molecule has 3 aromatic carbocycles. The maximum atomic E-state index is 5.78. The zero-order valence-electron chi connectivity index (χ0n) is 15.8. The van der Waals surface area contributed by atoms with Crippen molar-refractivity contribution in [3.8, 4) is 17.2 Å². The van der Waals surface area contributed by atoms with Crippen molar-refractivity contribution in [2.75, 3.05) is 6.54 Å². The fraction of sp³-hybridized carbons (Fsp3) is 0.182. The highest BCUT2D eigenvalue weighted by Gasteiger charge is 2.29. The van der Waals surface area contributed by atoms with Crippen molar-refractivity contribution in [1.82, 2.24) is 0 Å². The molecular formula is C22H27BNO3+. The summed E-state index contributed by atoms with van der Waals surface area (Å²) >= 11 is 0. The summed E-state index contributed by atoms with van der Waals surface area (Å²) in [6.45, 7) is 3.27. The number of benzene rings is 3. The van der Waals surface area contributed by atoms with Crippen molar-refractivity contribution < 1.29 is 19.7 Å². The second-order valence-electron chi connectivity index (χ2n) is 5.79. The minimum absolute atomic E-state index is 0.680. The third-order valence-electron chi connectivity index (χ3n) is 3.53. The molecule has 0 amide bonds. The van der Waals surface area contributed by atoms with Gasteiger partial charge in [-0.25, -0.2) is 0 Å². The largest absolute Gasteiger partial charge is 0.864 e. The van der Waals surface area contributed by atoms with Crippen molar-refractivity contribution in [3.63, 3.8) is 0 Å². The van der Waals surface area contributed by atoms with Gasteiger partial charge in [0.1, 0.15) is 17.2 Å². The lowest BCUT2D eigenvalue weighted by Gasteiger charge is -2.16. The highest BCUT2D eigenvalue weighted by molar-refractivity contribution is 6.39. The molecule has 4 nitrogen and oxygen atoms in total. The van der Waals surface area contributed by atoms with Crippen LogP contribution in [0.15, 0.2) is 91.0 Å². The Hall–Kier alpha value is -2.92. The van der Waals surface area contributed by atoms with Crippen LogP contribution in [0, 0.1) is 0 Å². The molecule has 27 heavy (non-hydrogen) atoms. The fourth-order valence-corrected chi connectivity index (χ4v) is 2.15. The first-order valence-corrected chi connectivity index (χ1v) is 9.26. The maximum absolute atomic E-state index is 5.78. The molecular weight excluding hydrogens is 337 g/mol. The molecule has 5 heteroatoms. The van der Waals surface area contributed by atoms with Crippen LogP contribution in [-0.4, -0.2) is 13.9 Å². The first-order chi connectivity index (χ1) is 13.3. The van der Waals surface area contributed by atoms with E-state index in [9.17, 15) is 0 Å². The molecule has 0 aliphatic heterocycles. The lowest BCUT2D eigenvalue weighted by Crippen LogP contribution is -2.49. The SMILES string of the molecule is CCCC[NH3+].c1ccc(OB(Oc2ccccc2)Oc2ccccc2)cc1. The van der Waals surface area contributed by atoms with Crippen molar-refractivity contribution >= 4 is 7.32 Å². The number of quaternary nitrogens is 1. The molecule has 0 heterocycles. The highest BCUT2D eigenvalue weighted by Crippen LogP contribution is 2.17. The molecule has 0 aromatic heterocycles. The maximum Gasteiger partial charge on any atom is 0.864 e. The predicted octanol–water partition coefficient (Wildman–Crippen LogP) is 4.24. The van der Waals surface area contributed by atoms with Crippen molar-refractivity contribution in [2.45, 2.75) is 19.8 Å². The lowest BCUT2D eigenvalue weighted by molar-refractivity contribution is -0.368. The van der Waals surface area contributed by atoms with Crippen LogP contribution < -0.4 is 19.7 Å². The molecule has 0 saturated carbocycles. The number of hydrogen-bond donors (Lipinski definition) is 1. The average molecular weight is 364 g/mol. The van der Waals surface area contributed by atoms with E-state index in [1.54, 1.807) is 0 Å². The number of para-hydroxylation sites is 3. The van der Waals surface area contributed by atoms with Gasteiger partial charge in [0.25, 0.3) is 0 Å². The van der Waals surface area contributed by atoms with Gasteiger partial charge >= 0.3 is 7.32 Å². The van der Waals surface area contributed by atoms with Crippen LogP contribution in [0.3, 0.4) is 0 Å². The second kappa shape index (κ2) is 12.4. The summed E-state index contributed by atoms with van der Waals surface area (Å²) in [5, 5.41) is 0. The highest BCUT2D eigenvalue weighted by atomic mass is 16.7. The minimum atomic E-state index is -0.868. The molecule has 3 rings (SSSR count). The summed E-state index contributed by atoms with van der Waals surface area (Å²) in [6, 6.07) is 28.3. The first-order valence-electron chi connectivity index (χ1n) is 9.26. The predicted molar refractivity (Wildman–Crippen MR) is 110 cm³/mol. The molecule has 0 spiro atoms. The van der Waals surface area contributed by atoms with Crippen molar-refractivity contribution in [2.24, 2.45) is 0 Å². The van der Waals surface area contributed by atoms with E-state index >= 15 is 0 Å². The van der Waals surface area contributed by atoms with Gasteiger partial charge in [0.05, 0.1) is 6.54 Å². The van der Waals surface area contributed by atoms with Gasteiger partial charge in [-0.3, -0.25) is 0 Å². The van der Waals surface area contributed by atoms with Crippen LogP contribution >= 0.6 is 0 Å². The normalized spacial score (nSPS) is 9.56. The molecule has 0 radical (unpaired) electrons. The standard InChI is InChI=1S/C18H15BO3.C4H11N/c1-4-10-16(11-5-1)20-19(21-17-12-6-2-7-13-17)22-18-14-8-3-9-15-18;1-2-3-4-5/h1-15H;2-5H2,1H3/p+1. The number of rotatable bonds is 8. The Morgan fingerprint density at radius 1 is 0.630 bits per heavy atom. The topological polar surface area (TPSA) is 55.3 Å². The Morgan fingerprint density at radius 2 is 0.963 bits per heavy atom. The first kappa shape index (κ1) is 20.4. The van der Waals surface area contributed by atoms with E-state index in [4.69, 9.17) is 14.0 Å². The molecule has 0 aliphatic rings. The molecule has 3 aromatic rings. The third-order valence-corrected chi connectivity index (χ3v) is 3.53. The van der Waals surface area contributed by atoms with Crippen LogP contribution in [0.2, 0.25) is 0 Å². The average Bonchev–Trinajstić information content (AvgIpc) is 2.71. The van der Waals surface area contributed by atoms with Gasteiger partial charge < -0.3 is 19.7 Å². The fourth-order valence-electron chi connectivity index (χ4n) is 2.15. The Bertz CT molecular complexity index is 626. The van der Waals surface area contributed by atoms with Gasteiger partial charge in [-0.05, 0) is 42.8 Å². The van der Waals surface area contributed by atoms with E-state index in [-0.39, 0.29) is 0 Å². The van der Waals surface area contributed by atoms with Gasteiger partial charge in [0.15, 0.2) is 0 Å². The molecule has 3 N–H and O–H groups in total. The van der Waals surface area contributed by atoms with E-state index in [1.807, 2.05) is 91.0 Å². The second-order valence-corrected chi connectivity index (χ2v) is 5.79. The molecule has 0 saturated heterocycles. The summed E-state index contributed by atoms with van der Waals surface area (Å²) in [7, 11) is -0.868. The number of unbranched alkanes of at least 4 members (excludes halogenated alkanes) is 1. The number of hydrogen-bond acceptors (Lipinski definition) is 3. The summed E-state index contributed by atoms with van der Waals surface area (Å²) in [6.07, 6.45) is 2.56.